The molecule has 1 unspecified atom stereocenters. The van der Waals surface area contributed by atoms with Gasteiger partial charge in [0, 0.05) is 10.9 Å². The molecule has 0 aliphatic rings. The van der Waals surface area contributed by atoms with Crippen LogP contribution in [-0.2, 0) is 11.3 Å². The molecule has 1 atom stereocenters. The first-order valence-electron chi connectivity index (χ1n) is 8.09. The first-order valence-corrected chi connectivity index (χ1v) is 8.97. The number of nitrogens with one attached hydrogen (secondary N) is 1. The molecular weight excluding hydrogens is 334 g/mol. The third-order valence-electron chi connectivity index (χ3n) is 4.11. The molecule has 5 nitrogen and oxygen atoms in total. The van der Waals surface area contributed by atoms with Crippen LogP contribution < -0.4 is 5.32 Å². The van der Waals surface area contributed by atoms with E-state index >= 15 is 0 Å². The molecule has 3 aromatic rings. The summed E-state index contributed by atoms with van der Waals surface area (Å²) in [6.45, 7) is 4.50. The van der Waals surface area contributed by atoms with Crippen molar-refractivity contribution in [2.45, 2.75) is 26.4 Å². The summed E-state index contributed by atoms with van der Waals surface area (Å²) in [5.41, 5.74) is 3.13. The number of carbonyl (C=O) groups is 1. The number of benzene rings is 1. The highest BCUT2D eigenvalue weighted by atomic mass is 32.1. The lowest BCUT2D eigenvalue weighted by molar-refractivity contribution is -0.120. The largest absolute Gasteiger partial charge is 0.468 e. The molecule has 0 saturated heterocycles. The van der Waals surface area contributed by atoms with Crippen molar-refractivity contribution in [3.63, 3.8) is 0 Å². The molecule has 0 aliphatic carbocycles. The maximum absolute atomic E-state index is 12.5. The number of amides is 1. The smallest absolute Gasteiger partial charge is 0.243 e. The Balaban J connectivity index is 1.61. The number of aryl methyl sites for hydroxylation is 1. The second-order valence-electron chi connectivity index (χ2n) is 6.06. The Bertz CT molecular complexity index is 825. The van der Waals surface area contributed by atoms with Gasteiger partial charge in [0.1, 0.15) is 5.76 Å². The second kappa shape index (κ2) is 7.63. The van der Waals surface area contributed by atoms with Crippen LogP contribution in [0.2, 0.25) is 0 Å². The number of likely N-dealkylation sites (N-methyl/N-ethyl adjacent to an activating group) is 1. The Morgan fingerprint density at radius 1 is 1.32 bits per heavy atom. The summed E-state index contributed by atoms with van der Waals surface area (Å²) in [6, 6.07) is 11.6. The molecule has 6 heteroatoms. The molecule has 0 saturated carbocycles. The molecule has 1 aromatic carbocycles. The van der Waals surface area contributed by atoms with Gasteiger partial charge in [0.25, 0.3) is 0 Å². The normalized spacial score (nSPS) is 12.3. The number of hydrogen-bond acceptors (Lipinski definition) is 5. The van der Waals surface area contributed by atoms with Gasteiger partial charge >= 0.3 is 0 Å². The van der Waals surface area contributed by atoms with Crippen LogP contribution in [0.5, 0.6) is 0 Å². The average Bonchev–Trinajstić information content (AvgIpc) is 3.27. The van der Waals surface area contributed by atoms with Crippen LogP contribution in [-0.4, -0.2) is 28.9 Å². The first kappa shape index (κ1) is 17.4. The highest BCUT2D eigenvalue weighted by Gasteiger charge is 2.20. The fourth-order valence-corrected chi connectivity index (χ4v) is 3.11. The summed E-state index contributed by atoms with van der Waals surface area (Å²) >= 11 is 1.43. The number of carbonyl (C=O) groups excluding carboxylic acids is 1. The molecule has 0 bridgehead atoms. The molecule has 2 aromatic heterocycles. The van der Waals surface area contributed by atoms with Gasteiger partial charge in [-0.15, -0.1) is 11.3 Å². The third-order valence-corrected chi connectivity index (χ3v) is 4.87. The van der Waals surface area contributed by atoms with Crippen LogP contribution in [0.3, 0.4) is 0 Å². The summed E-state index contributed by atoms with van der Waals surface area (Å²) in [6.07, 6.45) is 1.64. The molecule has 2 heterocycles. The van der Waals surface area contributed by atoms with E-state index in [1.165, 1.54) is 16.9 Å². The van der Waals surface area contributed by atoms with Gasteiger partial charge in [0.05, 0.1) is 24.5 Å². The van der Waals surface area contributed by atoms with Gasteiger partial charge in [-0.3, -0.25) is 9.69 Å². The lowest BCUT2D eigenvalue weighted by atomic mass is 10.1. The third kappa shape index (κ3) is 4.35. The van der Waals surface area contributed by atoms with E-state index in [9.17, 15) is 4.79 Å². The van der Waals surface area contributed by atoms with Crippen molar-refractivity contribution in [1.82, 2.24) is 9.88 Å². The molecule has 0 spiro atoms. The zero-order chi connectivity index (χ0) is 17.8. The van der Waals surface area contributed by atoms with Crippen molar-refractivity contribution in [2.75, 3.05) is 12.4 Å². The zero-order valence-electron chi connectivity index (χ0n) is 14.5. The number of nitrogens with zero attached hydrogens (tertiary/aromatic N) is 2. The van der Waals surface area contributed by atoms with Gasteiger partial charge in [0.2, 0.25) is 5.91 Å². The van der Waals surface area contributed by atoms with Gasteiger partial charge in [-0.2, -0.15) is 0 Å². The van der Waals surface area contributed by atoms with Crippen molar-refractivity contribution >= 4 is 22.4 Å². The number of anilines is 1. The Kier molecular flexibility index (Phi) is 5.31. The number of rotatable bonds is 6. The van der Waals surface area contributed by atoms with E-state index < -0.39 is 0 Å². The van der Waals surface area contributed by atoms with Crippen LogP contribution in [0, 0.1) is 6.92 Å². The van der Waals surface area contributed by atoms with Crippen molar-refractivity contribution in [1.29, 1.82) is 0 Å². The summed E-state index contributed by atoms with van der Waals surface area (Å²) < 4.78 is 5.33. The van der Waals surface area contributed by atoms with E-state index in [-0.39, 0.29) is 11.9 Å². The number of hydrogen-bond donors (Lipinski definition) is 1. The Hall–Kier alpha value is -2.44. The second-order valence-corrected chi connectivity index (χ2v) is 6.92. The SMILES string of the molecule is Cc1ccc(-c2csc(NC(=O)C(C)N(C)Cc3ccco3)n2)cc1. The number of thiazole rings is 1. The van der Waals surface area contributed by atoms with Crippen LogP contribution in [0.25, 0.3) is 11.3 Å². The standard InChI is InChI=1S/C19H21N3O2S/c1-13-6-8-15(9-7-13)17-12-25-19(20-17)21-18(23)14(2)22(3)11-16-5-4-10-24-16/h4-10,12,14H,11H2,1-3H3,(H,20,21,23). The zero-order valence-corrected chi connectivity index (χ0v) is 15.3. The number of aromatic nitrogens is 1. The van der Waals surface area contributed by atoms with E-state index in [2.05, 4.69) is 29.4 Å². The number of furan rings is 1. The Morgan fingerprint density at radius 2 is 2.08 bits per heavy atom. The Morgan fingerprint density at radius 3 is 2.76 bits per heavy atom. The minimum Gasteiger partial charge on any atom is -0.468 e. The topological polar surface area (TPSA) is 58.4 Å². The fourth-order valence-electron chi connectivity index (χ4n) is 2.38. The quantitative estimate of drug-likeness (QED) is 0.721. The van der Waals surface area contributed by atoms with Gasteiger partial charge in [0.15, 0.2) is 5.13 Å². The Labute approximate surface area is 151 Å². The van der Waals surface area contributed by atoms with E-state index in [0.717, 1.165) is 17.0 Å². The molecule has 1 amide bonds. The average molecular weight is 355 g/mol. The lowest BCUT2D eigenvalue weighted by Gasteiger charge is -2.22. The highest BCUT2D eigenvalue weighted by molar-refractivity contribution is 7.14. The molecule has 25 heavy (non-hydrogen) atoms. The van der Waals surface area contributed by atoms with Gasteiger partial charge in [-0.05, 0) is 33.0 Å². The minimum atomic E-state index is -0.295. The monoisotopic (exact) mass is 355 g/mol. The van der Waals surface area contributed by atoms with Gasteiger partial charge in [-0.25, -0.2) is 4.98 Å². The fraction of sp³-hybridized carbons (Fsp3) is 0.263. The van der Waals surface area contributed by atoms with E-state index in [1.54, 1.807) is 6.26 Å². The minimum absolute atomic E-state index is 0.0844. The van der Waals surface area contributed by atoms with Crippen LogP contribution >= 0.6 is 11.3 Å². The predicted octanol–water partition coefficient (Wildman–Crippen LogP) is 4.17. The lowest BCUT2D eigenvalue weighted by Crippen LogP contribution is -2.39. The maximum Gasteiger partial charge on any atom is 0.243 e. The van der Waals surface area contributed by atoms with Crippen molar-refractivity contribution in [3.8, 4) is 11.3 Å². The van der Waals surface area contributed by atoms with Gasteiger partial charge < -0.3 is 9.73 Å². The molecule has 0 radical (unpaired) electrons. The van der Waals surface area contributed by atoms with Crippen LogP contribution in [0.4, 0.5) is 5.13 Å². The van der Waals surface area contributed by atoms with E-state index in [4.69, 9.17) is 4.42 Å². The summed E-state index contributed by atoms with van der Waals surface area (Å²) in [7, 11) is 1.90. The molecule has 1 N–H and O–H groups in total. The van der Waals surface area contributed by atoms with Crippen molar-refractivity contribution in [2.24, 2.45) is 0 Å². The summed E-state index contributed by atoms with van der Waals surface area (Å²) in [4.78, 5) is 18.9. The highest BCUT2D eigenvalue weighted by Crippen LogP contribution is 2.25. The van der Waals surface area contributed by atoms with E-state index in [1.807, 2.05) is 48.5 Å². The van der Waals surface area contributed by atoms with E-state index in [0.29, 0.717) is 11.7 Å². The molecule has 0 fully saturated rings. The summed E-state index contributed by atoms with van der Waals surface area (Å²) in [5.74, 6) is 0.747. The first-order chi connectivity index (χ1) is 12.0. The molecule has 0 aliphatic heterocycles. The van der Waals surface area contributed by atoms with Crippen LogP contribution in [0.1, 0.15) is 18.2 Å². The van der Waals surface area contributed by atoms with Crippen molar-refractivity contribution in [3.05, 3.63) is 59.4 Å². The maximum atomic E-state index is 12.5. The molecule has 130 valence electrons. The van der Waals surface area contributed by atoms with Gasteiger partial charge in [-0.1, -0.05) is 29.8 Å². The predicted molar refractivity (Wildman–Crippen MR) is 101 cm³/mol. The van der Waals surface area contributed by atoms with Crippen molar-refractivity contribution < 1.29 is 9.21 Å². The molecular formula is C19H21N3O2S. The molecule has 3 rings (SSSR count). The van der Waals surface area contributed by atoms with Crippen LogP contribution in [0.15, 0.2) is 52.5 Å². The summed E-state index contributed by atoms with van der Waals surface area (Å²) in [5, 5.41) is 5.47.